The third kappa shape index (κ3) is 3.48. The number of fused-ring (bicyclic) bond motifs is 2. The van der Waals surface area contributed by atoms with Crippen LogP contribution in [0, 0.1) is 5.92 Å². The van der Waals surface area contributed by atoms with Crippen molar-refractivity contribution in [3.8, 4) is 0 Å². The van der Waals surface area contributed by atoms with Crippen molar-refractivity contribution in [1.82, 2.24) is 10.2 Å². The fourth-order valence-electron chi connectivity index (χ4n) is 3.76. The van der Waals surface area contributed by atoms with Crippen molar-refractivity contribution >= 4 is 23.6 Å². The standard InChI is InChI=1S/C20H21N3O2S/c21-19(24)16-3-1-2-4-18(16)26-15-7-5-13(6-8-15)20(25)22-17-12-23-10-9-14(17)11-23/h1-8,14,17H,9-12H2,(H2,21,24)(H,22,25). The molecule has 2 aliphatic heterocycles. The molecule has 3 unspecified atom stereocenters. The number of primary amides is 1. The number of nitrogens with two attached hydrogens (primary N) is 1. The van der Waals surface area contributed by atoms with Gasteiger partial charge >= 0.3 is 0 Å². The van der Waals surface area contributed by atoms with Crippen LogP contribution in [0.1, 0.15) is 27.1 Å². The first-order valence-electron chi connectivity index (χ1n) is 8.80. The van der Waals surface area contributed by atoms with Gasteiger partial charge in [0.15, 0.2) is 0 Å². The number of hydrogen-bond donors (Lipinski definition) is 2. The lowest BCUT2D eigenvalue weighted by molar-refractivity contribution is 0.0923. The van der Waals surface area contributed by atoms with Crippen molar-refractivity contribution in [3.63, 3.8) is 0 Å². The molecule has 2 heterocycles. The quantitative estimate of drug-likeness (QED) is 0.851. The van der Waals surface area contributed by atoms with Crippen molar-refractivity contribution in [2.24, 2.45) is 11.7 Å². The SMILES string of the molecule is NC(=O)c1ccccc1Sc1ccc(C(=O)NC2CN3CCC2C3)cc1. The van der Waals surface area contributed by atoms with Crippen LogP contribution in [0.3, 0.4) is 0 Å². The van der Waals surface area contributed by atoms with Crippen LogP contribution in [0.5, 0.6) is 0 Å². The molecular weight excluding hydrogens is 346 g/mol. The molecule has 0 saturated carbocycles. The zero-order valence-corrected chi connectivity index (χ0v) is 15.2. The van der Waals surface area contributed by atoms with E-state index >= 15 is 0 Å². The van der Waals surface area contributed by atoms with E-state index in [0.717, 1.165) is 29.4 Å². The zero-order chi connectivity index (χ0) is 18.1. The lowest BCUT2D eigenvalue weighted by Gasteiger charge is -2.23. The highest BCUT2D eigenvalue weighted by Crippen LogP contribution is 2.31. The van der Waals surface area contributed by atoms with Crippen LogP contribution < -0.4 is 11.1 Å². The van der Waals surface area contributed by atoms with Crippen molar-refractivity contribution in [2.45, 2.75) is 22.3 Å². The maximum atomic E-state index is 12.5. The molecule has 5 nitrogen and oxygen atoms in total. The average molecular weight is 367 g/mol. The number of rotatable bonds is 5. The Morgan fingerprint density at radius 1 is 1.08 bits per heavy atom. The summed E-state index contributed by atoms with van der Waals surface area (Å²) < 4.78 is 0. The van der Waals surface area contributed by atoms with E-state index in [4.69, 9.17) is 5.73 Å². The van der Waals surface area contributed by atoms with Crippen LogP contribution in [-0.2, 0) is 0 Å². The minimum Gasteiger partial charge on any atom is -0.366 e. The molecular formula is C20H21N3O2S. The number of nitrogens with one attached hydrogen (secondary N) is 1. The van der Waals surface area contributed by atoms with Crippen molar-refractivity contribution < 1.29 is 9.59 Å². The molecule has 2 saturated heterocycles. The minimum atomic E-state index is -0.439. The van der Waals surface area contributed by atoms with E-state index < -0.39 is 5.91 Å². The number of carbonyl (C=O) groups excluding carboxylic acids is 2. The van der Waals surface area contributed by atoms with Gasteiger partial charge in [-0.3, -0.25) is 9.59 Å². The van der Waals surface area contributed by atoms with Gasteiger partial charge in [0.1, 0.15) is 0 Å². The highest BCUT2D eigenvalue weighted by molar-refractivity contribution is 7.99. The maximum Gasteiger partial charge on any atom is 0.251 e. The first-order valence-corrected chi connectivity index (χ1v) is 9.62. The second-order valence-electron chi connectivity index (χ2n) is 6.88. The van der Waals surface area contributed by atoms with Crippen LogP contribution in [0.4, 0.5) is 0 Å². The normalized spacial score (nSPS) is 23.8. The fraction of sp³-hybridized carbons (Fsp3) is 0.300. The van der Waals surface area contributed by atoms with Gasteiger partial charge in [-0.1, -0.05) is 23.9 Å². The molecule has 26 heavy (non-hydrogen) atoms. The van der Waals surface area contributed by atoms with E-state index in [1.165, 1.54) is 18.2 Å². The summed E-state index contributed by atoms with van der Waals surface area (Å²) in [5.74, 6) is 0.141. The summed E-state index contributed by atoms with van der Waals surface area (Å²) in [6, 6.07) is 15.0. The van der Waals surface area contributed by atoms with Gasteiger partial charge in [-0.25, -0.2) is 0 Å². The molecule has 0 aromatic heterocycles. The molecule has 134 valence electrons. The van der Waals surface area contributed by atoms with Crippen LogP contribution in [-0.4, -0.2) is 42.4 Å². The monoisotopic (exact) mass is 367 g/mol. The third-order valence-corrected chi connectivity index (χ3v) is 6.23. The first-order chi connectivity index (χ1) is 12.6. The molecule has 2 fully saturated rings. The average Bonchev–Trinajstić information content (AvgIpc) is 3.25. The molecule has 3 N–H and O–H groups in total. The van der Waals surface area contributed by atoms with Crippen molar-refractivity contribution in [3.05, 3.63) is 59.7 Å². The Labute approximate surface area is 156 Å². The molecule has 2 aliphatic rings. The molecule has 0 aliphatic carbocycles. The molecule has 6 heteroatoms. The number of piperidine rings is 1. The van der Waals surface area contributed by atoms with E-state index in [0.29, 0.717) is 17.0 Å². The van der Waals surface area contributed by atoms with Gasteiger partial charge in [-0.05, 0) is 55.3 Å². The molecule has 2 aromatic carbocycles. The first kappa shape index (κ1) is 17.1. The van der Waals surface area contributed by atoms with Gasteiger partial charge in [-0.15, -0.1) is 0 Å². The zero-order valence-electron chi connectivity index (χ0n) is 14.4. The molecule has 3 atom stereocenters. The van der Waals surface area contributed by atoms with Crippen LogP contribution >= 0.6 is 11.8 Å². The Kier molecular flexibility index (Phi) is 4.70. The van der Waals surface area contributed by atoms with E-state index in [-0.39, 0.29) is 11.9 Å². The van der Waals surface area contributed by atoms with Crippen LogP contribution in [0.2, 0.25) is 0 Å². The smallest absolute Gasteiger partial charge is 0.251 e. The van der Waals surface area contributed by atoms with E-state index in [1.54, 1.807) is 12.1 Å². The Balaban J connectivity index is 1.42. The largest absolute Gasteiger partial charge is 0.366 e. The Hall–Kier alpha value is -2.31. The number of benzene rings is 2. The lowest BCUT2D eigenvalue weighted by Crippen LogP contribution is -2.43. The maximum absolute atomic E-state index is 12.5. The number of carbonyl (C=O) groups is 2. The van der Waals surface area contributed by atoms with E-state index in [2.05, 4.69) is 10.2 Å². The summed E-state index contributed by atoms with van der Waals surface area (Å²) in [5, 5.41) is 3.17. The summed E-state index contributed by atoms with van der Waals surface area (Å²) in [7, 11) is 0. The summed E-state index contributed by atoms with van der Waals surface area (Å²) >= 11 is 1.47. The summed E-state index contributed by atoms with van der Waals surface area (Å²) in [5.41, 5.74) is 6.59. The molecule has 0 radical (unpaired) electrons. The van der Waals surface area contributed by atoms with Gasteiger partial charge in [0.25, 0.3) is 5.91 Å². The predicted molar refractivity (Wildman–Crippen MR) is 101 cm³/mol. The summed E-state index contributed by atoms with van der Waals surface area (Å²) in [6.45, 7) is 3.24. The summed E-state index contributed by atoms with van der Waals surface area (Å²) in [4.78, 5) is 28.2. The van der Waals surface area contributed by atoms with Crippen molar-refractivity contribution in [2.75, 3.05) is 19.6 Å². The molecule has 4 rings (SSSR count). The highest BCUT2D eigenvalue weighted by Gasteiger charge is 2.38. The topological polar surface area (TPSA) is 75.4 Å². The number of nitrogens with zero attached hydrogens (tertiary/aromatic N) is 1. The van der Waals surface area contributed by atoms with Crippen LogP contribution in [0.15, 0.2) is 58.3 Å². The molecule has 2 bridgehead atoms. The third-order valence-electron chi connectivity index (χ3n) is 5.15. The lowest BCUT2D eigenvalue weighted by atomic mass is 9.99. The van der Waals surface area contributed by atoms with Crippen molar-refractivity contribution in [1.29, 1.82) is 0 Å². The van der Waals surface area contributed by atoms with Gasteiger partial charge in [0, 0.05) is 34.5 Å². The van der Waals surface area contributed by atoms with Gasteiger partial charge in [-0.2, -0.15) is 0 Å². The predicted octanol–water partition coefficient (Wildman–Crippen LogP) is 2.37. The Morgan fingerprint density at radius 3 is 2.50 bits per heavy atom. The minimum absolute atomic E-state index is 0.0159. The molecule has 2 aromatic rings. The van der Waals surface area contributed by atoms with E-state index in [9.17, 15) is 9.59 Å². The summed E-state index contributed by atoms with van der Waals surface area (Å²) in [6.07, 6.45) is 1.18. The number of amides is 2. The van der Waals surface area contributed by atoms with Crippen LogP contribution in [0.25, 0.3) is 0 Å². The second kappa shape index (κ2) is 7.13. The molecule has 2 amide bonds. The van der Waals surface area contributed by atoms with Gasteiger partial charge in [0.05, 0.1) is 5.56 Å². The second-order valence-corrected chi connectivity index (χ2v) is 7.99. The highest BCUT2D eigenvalue weighted by atomic mass is 32.2. The molecule has 0 spiro atoms. The van der Waals surface area contributed by atoms with Gasteiger partial charge < -0.3 is 16.0 Å². The number of hydrogen-bond acceptors (Lipinski definition) is 4. The fourth-order valence-corrected chi connectivity index (χ4v) is 4.71. The van der Waals surface area contributed by atoms with Gasteiger partial charge in [0.2, 0.25) is 5.91 Å². The van der Waals surface area contributed by atoms with E-state index in [1.807, 2.05) is 36.4 Å². The Bertz CT molecular complexity index is 837. The Morgan fingerprint density at radius 2 is 1.85 bits per heavy atom.